The van der Waals surface area contributed by atoms with Crippen LogP contribution in [-0.4, -0.2) is 9.55 Å². The number of imidazole rings is 1. The standard InChI is InChI=1S/C44H32N2S/c1-29-12-8-9-17-34(29)38-26-32(23-22-31(38)21-20-30-13-4-2-5-14-30)39-27-40-43(45-28-46(40)33-15-6-3-7-16-33)42-36(39)24-25-37-35-18-10-11-19-41(35)47-44(37)42/h2-19,22-28H,20-21H2,1H3. The summed E-state index contributed by atoms with van der Waals surface area (Å²) in [5, 5.41) is 5.07. The van der Waals surface area contributed by atoms with Crippen molar-refractivity contribution < 1.29 is 0 Å². The van der Waals surface area contributed by atoms with Crippen LogP contribution < -0.4 is 0 Å². The van der Waals surface area contributed by atoms with Crippen molar-refractivity contribution in [3.05, 3.63) is 169 Å². The van der Waals surface area contributed by atoms with Gasteiger partial charge in [0.1, 0.15) is 6.33 Å². The Morgan fingerprint density at radius 2 is 1.34 bits per heavy atom. The average molecular weight is 621 g/mol. The van der Waals surface area contributed by atoms with Crippen LogP contribution in [0.25, 0.3) is 69.9 Å². The Labute approximate surface area is 278 Å². The number of aryl methyl sites for hydroxylation is 3. The molecule has 47 heavy (non-hydrogen) atoms. The van der Waals surface area contributed by atoms with E-state index in [1.165, 1.54) is 69.9 Å². The molecule has 0 saturated carbocycles. The van der Waals surface area contributed by atoms with E-state index in [0.29, 0.717) is 0 Å². The van der Waals surface area contributed by atoms with Crippen molar-refractivity contribution in [1.29, 1.82) is 0 Å². The van der Waals surface area contributed by atoms with E-state index >= 15 is 0 Å². The number of nitrogens with zero attached hydrogens (tertiary/aromatic N) is 2. The summed E-state index contributed by atoms with van der Waals surface area (Å²) in [6, 6.07) is 53.1. The lowest BCUT2D eigenvalue weighted by Gasteiger charge is -2.17. The Bertz CT molecular complexity index is 2570. The zero-order valence-corrected chi connectivity index (χ0v) is 27.0. The molecule has 0 saturated heterocycles. The van der Waals surface area contributed by atoms with Crippen molar-refractivity contribution >= 4 is 53.3 Å². The largest absolute Gasteiger partial charge is 0.299 e. The quantitative estimate of drug-likeness (QED) is 0.181. The van der Waals surface area contributed by atoms with Crippen molar-refractivity contribution in [2.75, 3.05) is 0 Å². The molecule has 3 heteroatoms. The first-order valence-corrected chi connectivity index (χ1v) is 17.1. The maximum atomic E-state index is 5.09. The highest BCUT2D eigenvalue weighted by Gasteiger charge is 2.19. The fourth-order valence-corrected chi connectivity index (χ4v) is 8.45. The number of hydrogen-bond donors (Lipinski definition) is 0. The fraction of sp³-hybridized carbons (Fsp3) is 0.0682. The van der Waals surface area contributed by atoms with Gasteiger partial charge in [0.25, 0.3) is 0 Å². The summed E-state index contributed by atoms with van der Waals surface area (Å²) < 4.78 is 4.84. The monoisotopic (exact) mass is 620 g/mol. The van der Waals surface area contributed by atoms with Gasteiger partial charge in [-0.2, -0.15) is 0 Å². The Morgan fingerprint density at radius 1 is 0.596 bits per heavy atom. The molecular weight excluding hydrogens is 589 g/mol. The minimum Gasteiger partial charge on any atom is -0.299 e. The van der Waals surface area contributed by atoms with Crippen molar-refractivity contribution in [3.8, 4) is 27.9 Å². The van der Waals surface area contributed by atoms with E-state index in [9.17, 15) is 0 Å². The van der Waals surface area contributed by atoms with Gasteiger partial charge >= 0.3 is 0 Å². The maximum Gasteiger partial charge on any atom is 0.100 e. The van der Waals surface area contributed by atoms with Gasteiger partial charge in [-0.1, -0.05) is 115 Å². The van der Waals surface area contributed by atoms with Gasteiger partial charge in [0.05, 0.1) is 11.0 Å². The molecule has 0 radical (unpaired) electrons. The maximum absolute atomic E-state index is 5.09. The predicted molar refractivity (Wildman–Crippen MR) is 201 cm³/mol. The molecule has 0 atom stereocenters. The van der Waals surface area contributed by atoms with E-state index in [1.54, 1.807) is 0 Å². The van der Waals surface area contributed by atoms with Crippen molar-refractivity contribution in [2.45, 2.75) is 19.8 Å². The van der Waals surface area contributed by atoms with Gasteiger partial charge in [0, 0.05) is 31.2 Å². The zero-order chi connectivity index (χ0) is 31.3. The minimum atomic E-state index is 0.983. The van der Waals surface area contributed by atoms with Gasteiger partial charge in [-0.05, 0) is 94.4 Å². The number of hydrogen-bond acceptors (Lipinski definition) is 2. The van der Waals surface area contributed by atoms with Crippen LogP contribution in [0.1, 0.15) is 16.7 Å². The van der Waals surface area contributed by atoms with Gasteiger partial charge in [0.15, 0.2) is 0 Å². The molecule has 224 valence electrons. The van der Waals surface area contributed by atoms with E-state index in [2.05, 4.69) is 157 Å². The number of thiophene rings is 1. The average Bonchev–Trinajstić information content (AvgIpc) is 3.73. The summed E-state index contributed by atoms with van der Waals surface area (Å²) >= 11 is 1.87. The van der Waals surface area contributed by atoms with Crippen LogP contribution >= 0.6 is 11.3 Å². The molecule has 0 spiro atoms. The molecule has 7 aromatic carbocycles. The Morgan fingerprint density at radius 3 is 2.19 bits per heavy atom. The summed E-state index contributed by atoms with van der Waals surface area (Å²) in [4.78, 5) is 5.09. The van der Waals surface area contributed by atoms with Gasteiger partial charge in [0.2, 0.25) is 0 Å². The SMILES string of the molecule is Cc1ccccc1-c1cc(-c2cc3c(ncn3-c3ccccc3)c3c2ccc2c4ccccc4sc23)ccc1CCc1ccccc1. The second kappa shape index (κ2) is 11.4. The number of benzene rings is 7. The Kier molecular flexibility index (Phi) is 6.72. The van der Waals surface area contributed by atoms with Gasteiger partial charge in [-0.25, -0.2) is 4.98 Å². The predicted octanol–water partition coefficient (Wildman–Crippen LogP) is 12.0. The molecule has 9 aromatic rings. The van der Waals surface area contributed by atoms with Crippen LogP contribution in [0.5, 0.6) is 0 Å². The highest BCUT2D eigenvalue weighted by molar-refractivity contribution is 7.26. The van der Waals surface area contributed by atoms with E-state index in [0.717, 1.165) is 29.6 Å². The van der Waals surface area contributed by atoms with Crippen molar-refractivity contribution in [1.82, 2.24) is 9.55 Å². The third-order valence-electron chi connectivity index (χ3n) is 9.58. The first-order chi connectivity index (χ1) is 23.2. The fourth-order valence-electron chi connectivity index (χ4n) is 7.20. The van der Waals surface area contributed by atoms with E-state index < -0.39 is 0 Å². The van der Waals surface area contributed by atoms with Crippen molar-refractivity contribution in [2.24, 2.45) is 0 Å². The summed E-state index contributed by atoms with van der Waals surface area (Å²) in [5.74, 6) is 0. The molecule has 2 heterocycles. The first-order valence-electron chi connectivity index (χ1n) is 16.3. The normalized spacial score (nSPS) is 11.7. The molecule has 0 amide bonds. The van der Waals surface area contributed by atoms with Crippen LogP contribution in [-0.2, 0) is 12.8 Å². The first kappa shape index (κ1) is 27.8. The molecule has 2 aromatic heterocycles. The third-order valence-corrected chi connectivity index (χ3v) is 10.8. The molecule has 0 unspecified atom stereocenters. The number of rotatable bonds is 6. The summed E-state index contributed by atoms with van der Waals surface area (Å²) in [7, 11) is 0. The molecule has 0 aliphatic rings. The topological polar surface area (TPSA) is 17.8 Å². The molecule has 2 nitrogen and oxygen atoms in total. The Balaban J connectivity index is 1.32. The number of fused-ring (bicyclic) bond motifs is 7. The molecule has 0 fully saturated rings. The van der Waals surface area contributed by atoms with Crippen LogP contribution in [0, 0.1) is 6.92 Å². The molecule has 0 aliphatic carbocycles. The lowest BCUT2D eigenvalue weighted by atomic mass is 9.88. The highest BCUT2D eigenvalue weighted by Crippen LogP contribution is 2.45. The summed E-state index contributed by atoms with van der Waals surface area (Å²) in [6.07, 6.45) is 3.98. The zero-order valence-electron chi connectivity index (χ0n) is 26.2. The molecule has 0 N–H and O–H groups in total. The van der Waals surface area contributed by atoms with E-state index in [-0.39, 0.29) is 0 Å². The second-order valence-corrected chi connectivity index (χ2v) is 13.4. The lowest BCUT2D eigenvalue weighted by Crippen LogP contribution is -1.97. The van der Waals surface area contributed by atoms with E-state index in [1.807, 2.05) is 17.7 Å². The molecule has 0 bridgehead atoms. The minimum absolute atomic E-state index is 0.983. The van der Waals surface area contributed by atoms with Gasteiger partial charge in [-0.15, -0.1) is 11.3 Å². The summed E-state index contributed by atoms with van der Waals surface area (Å²) in [6.45, 7) is 2.22. The van der Waals surface area contributed by atoms with E-state index in [4.69, 9.17) is 4.98 Å². The van der Waals surface area contributed by atoms with Crippen LogP contribution in [0.2, 0.25) is 0 Å². The number of para-hydroxylation sites is 1. The van der Waals surface area contributed by atoms with Crippen LogP contribution in [0.3, 0.4) is 0 Å². The van der Waals surface area contributed by atoms with Gasteiger partial charge in [-0.3, -0.25) is 4.57 Å². The molecular formula is C44H32N2S. The second-order valence-electron chi connectivity index (χ2n) is 12.4. The number of aromatic nitrogens is 2. The van der Waals surface area contributed by atoms with Crippen molar-refractivity contribution in [3.63, 3.8) is 0 Å². The smallest absolute Gasteiger partial charge is 0.100 e. The van der Waals surface area contributed by atoms with Gasteiger partial charge < -0.3 is 0 Å². The highest BCUT2D eigenvalue weighted by atomic mass is 32.1. The third kappa shape index (κ3) is 4.74. The molecule has 0 aliphatic heterocycles. The molecule has 9 rings (SSSR count). The van der Waals surface area contributed by atoms with Crippen LogP contribution in [0.15, 0.2) is 152 Å². The lowest BCUT2D eigenvalue weighted by molar-refractivity contribution is 0.962. The van der Waals surface area contributed by atoms with Crippen LogP contribution in [0.4, 0.5) is 0 Å². The summed E-state index contributed by atoms with van der Waals surface area (Å²) in [5.41, 5.74) is 12.4. The Hall–Kier alpha value is -5.51.